The molecule has 0 aliphatic carbocycles. The van der Waals surface area contributed by atoms with Crippen molar-refractivity contribution in [2.75, 3.05) is 65.4 Å². The van der Waals surface area contributed by atoms with Gasteiger partial charge < -0.3 is 29.6 Å². The summed E-state index contributed by atoms with van der Waals surface area (Å²) >= 11 is 0. The maximum Gasteiger partial charge on any atom is 0.127 e. The fourth-order valence-corrected chi connectivity index (χ4v) is 2.77. The number of benzene rings is 2. The molecule has 2 rings (SSSR count). The van der Waals surface area contributed by atoms with Gasteiger partial charge in [-0.1, -0.05) is 0 Å². The van der Waals surface area contributed by atoms with Gasteiger partial charge in [-0.05, 0) is 36.4 Å². The molecule has 0 aliphatic heterocycles. The van der Waals surface area contributed by atoms with Gasteiger partial charge in [0.15, 0.2) is 0 Å². The third-order valence-corrected chi connectivity index (χ3v) is 4.23. The zero-order valence-electron chi connectivity index (χ0n) is 16.0. The van der Waals surface area contributed by atoms with Crippen molar-refractivity contribution >= 4 is 11.4 Å². The van der Waals surface area contributed by atoms with Crippen molar-refractivity contribution in [3.05, 3.63) is 36.4 Å². The van der Waals surface area contributed by atoms with E-state index in [1.165, 1.54) is 0 Å². The normalized spacial score (nSPS) is 10.6. The van der Waals surface area contributed by atoms with E-state index < -0.39 is 0 Å². The van der Waals surface area contributed by atoms with E-state index in [2.05, 4.69) is 11.0 Å². The zero-order chi connectivity index (χ0) is 18.9. The van der Waals surface area contributed by atoms with Crippen molar-refractivity contribution in [1.29, 1.82) is 0 Å². The third-order valence-electron chi connectivity index (χ3n) is 4.23. The lowest BCUT2D eigenvalue weighted by molar-refractivity contribution is 0.190. The van der Waals surface area contributed by atoms with E-state index in [1.54, 1.807) is 28.4 Å². The van der Waals surface area contributed by atoms with Crippen LogP contribution in [0.1, 0.15) is 0 Å². The summed E-state index contributed by atoms with van der Waals surface area (Å²) in [7, 11) is 6.69. The van der Waals surface area contributed by atoms with Crippen LogP contribution in [0, 0.1) is 0 Å². The Morgan fingerprint density at radius 2 is 1.50 bits per heavy atom. The highest BCUT2D eigenvalue weighted by molar-refractivity contribution is 5.84. The Morgan fingerprint density at radius 1 is 0.808 bits per heavy atom. The second-order valence-electron chi connectivity index (χ2n) is 5.81. The van der Waals surface area contributed by atoms with Crippen molar-refractivity contribution < 1.29 is 18.9 Å². The van der Waals surface area contributed by atoms with Crippen LogP contribution < -0.4 is 20.1 Å². The number of nitrogen functional groups attached to an aromatic ring is 1. The first kappa shape index (κ1) is 19.9. The number of nitrogens with two attached hydrogens (primary N) is 1. The Bertz CT molecular complexity index is 698. The minimum Gasteiger partial charge on any atom is -0.497 e. The summed E-state index contributed by atoms with van der Waals surface area (Å²) in [5.41, 5.74) is 9.80. The van der Waals surface area contributed by atoms with Crippen LogP contribution in [0.3, 0.4) is 0 Å². The lowest BCUT2D eigenvalue weighted by atomic mass is 10.0. The van der Waals surface area contributed by atoms with Crippen LogP contribution in [-0.4, -0.2) is 54.7 Å². The molecule has 26 heavy (non-hydrogen) atoms. The fraction of sp³-hybridized carbons (Fsp3) is 0.400. The van der Waals surface area contributed by atoms with Crippen LogP contribution in [-0.2, 0) is 9.47 Å². The van der Waals surface area contributed by atoms with Crippen LogP contribution in [0.2, 0.25) is 0 Å². The molecular formula is C20H28N2O4. The van der Waals surface area contributed by atoms with Crippen molar-refractivity contribution in [2.24, 2.45) is 0 Å². The molecule has 0 atom stereocenters. The van der Waals surface area contributed by atoms with Gasteiger partial charge in [0.05, 0.1) is 27.4 Å². The molecule has 0 spiro atoms. The quantitative estimate of drug-likeness (QED) is 0.657. The first-order chi connectivity index (χ1) is 12.6. The van der Waals surface area contributed by atoms with Gasteiger partial charge in [-0.15, -0.1) is 0 Å². The Balaban J connectivity index is 2.45. The van der Waals surface area contributed by atoms with Crippen LogP contribution >= 0.6 is 0 Å². The van der Waals surface area contributed by atoms with E-state index in [9.17, 15) is 0 Å². The van der Waals surface area contributed by atoms with Crippen LogP contribution in [0.5, 0.6) is 11.5 Å². The van der Waals surface area contributed by atoms with Gasteiger partial charge in [0.1, 0.15) is 11.5 Å². The predicted octanol–water partition coefficient (Wildman–Crippen LogP) is 3.05. The SMILES string of the molecule is COCCN(CCOC)c1ccc(N)c(-c2cc(OC)ccc2OC)c1. The summed E-state index contributed by atoms with van der Waals surface area (Å²) in [6.45, 7) is 2.79. The number of nitrogens with zero attached hydrogens (tertiary/aromatic N) is 1. The molecule has 2 aromatic carbocycles. The van der Waals surface area contributed by atoms with Gasteiger partial charge in [-0.25, -0.2) is 0 Å². The maximum absolute atomic E-state index is 6.27. The largest absolute Gasteiger partial charge is 0.497 e. The second kappa shape index (κ2) is 9.89. The molecule has 142 valence electrons. The fourth-order valence-electron chi connectivity index (χ4n) is 2.77. The van der Waals surface area contributed by atoms with E-state index in [4.69, 9.17) is 24.7 Å². The highest BCUT2D eigenvalue weighted by Gasteiger charge is 2.14. The maximum atomic E-state index is 6.27. The number of methoxy groups -OCH3 is 4. The molecule has 0 saturated heterocycles. The van der Waals surface area contributed by atoms with Crippen molar-refractivity contribution in [3.63, 3.8) is 0 Å². The molecule has 6 nitrogen and oxygen atoms in total. The summed E-state index contributed by atoms with van der Waals surface area (Å²) in [5, 5.41) is 0. The topological polar surface area (TPSA) is 66.2 Å². The highest BCUT2D eigenvalue weighted by atomic mass is 16.5. The Morgan fingerprint density at radius 3 is 2.08 bits per heavy atom. The molecule has 0 amide bonds. The van der Waals surface area contributed by atoms with E-state index in [0.29, 0.717) is 18.9 Å². The molecule has 0 aromatic heterocycles. The molecule has 0 heterocycles. The minimum absolute atomic E-state index is 0.631. The molecular weight excluding hydrogens is 332 g/mol. The van der Waals surface area contributed by atoms with E-state index in [1.807, 2.05) is 30.3 Å². The van der Waals surface area contributed by atoms with Gasteiger partial charge in [-0.2, -0.15) is 0 Å². The summed E-state index contributed by atoms with van der Waals surface area (Å²) in [6.07, 6.45) is 0. The standard InChI is InChI=1S/C20H28N2O4/c1-23-11-9-22(10-12-24-2)15-5-7-19(21)17(13-15)18-14-16(25-3)6-8-20(18)26-4/h5-8,13-14H,9-12,21H2,1-4H3. The highest BCUT2D eigenvalue weighted by Crippen LogP contribution is 2.38. The van der Waals surface area contributed by atoms with Crippen molar-refractivity contribution in [2.45, 2.75) is 0 Å². The van der Waals surface area contributed by atoms with Gasteiger partial charge >= 0.3 is 0 Å². The smallest absolute Gasteiger partial charge is 0.127 e. The third kappa shape index (κ3) is 4.80. The monoisotopic (exact) mass is 360 g/mol. The number of anilines is 2. The average molecular weight is 360 g/mol. The summed E-state index contributed by atoms with van der Waals surface area (Å²) in [6, 6.07) is 11.7. The molecule has 0 bridgehead atoms. The lowest BCUT2D eigenvalue weighted by Crippen LogP contribution is -2.30. The Labute approximate surface area is 155 Å². The van der Waals surface area contributed by atoms with Crippen LogP contribution in [0.4, 0.5) is 11.4 Å². The molecule has 6 heteroatoms. The van der Waals surface area contributed by atoms with Gasteiger partial charge in [0.2, 0.25) is 0 Å². The van der Waals surface area contributed by atoms with Crippen molar-refractivity contribution in [3.8, 4) is 22.6 Å². The molecule has 0 radical (unpaired) electrons. The Kier molecular flexibility index (Phi) is 7.56. The number of hydrogen-bond acceptors (Lipinski definition) is 6. The Hall–Kier alpha value is -2.44. The molecule has 0 unspecified atom stereocenters. The molecule has 0 fully saturated rings. The number of ether oxygens (including phenoxy) is 4. The van der Waals surface area contributed by atoms with E-state index >= 15 is 0 Å². The van der Waals surface area contributed by atoms with Crippen molar-refractivity contribution in [1.82, 2.24) is 0 Å². The first-order valence-corrected chi connectivity index (χ1v) is 8.49. The first-order valence-electron chi connectivity index (χ1n) is 8.49. The van der Waals surface area contributed by atoms with Crippen LogP contribution in [0.15, 0.2) is 36.4 Å². The lowest BCUT2D eigenvalue weighted by Gasteiger charge is -2.25. The van der Waals surface area contributed by atoms with Gasteiger partial charge in [-0.3, -0.25) is 0 Å². The molecule has 0 aliphatic rings. The molecule has 2 N–H and O–H groups in total. The van der Waals surface area contributed by atoms with Gasteiger partial charge in [0, 0.05) is 49.8 Å². The molecule has 0 saturated carbocycles. The second-order valence-corrected chi connectivity index (χ2v) is 5.81. The summed E-state index contributed by atoms with van der Waals surface area (Å²) in [4.78, 5) is 2.21. The number of rotatable bonds is 10. The van der Waals surface area contributed by atoms with Crippen LogP contribution in [0.25, 0.3) is 11.1 Å². The molecule has 2 aromatic rings. The predicted molar refractivity (Wildman–Crippen MR) is 105 cm³/mol. The average Bonchev–Trinajstić information content (AvgIpc) is 2.68. The zero-order valence-corrected chi connectivity index (χ0v) is 16.0. The summed E-state index contributed by atoms with van der Waals surface area (Å²) in [5.74, 6) is 1.50. The van der Waals surface area contributed by atoms with E-state index in [-0.39, 0.29) is 0 Å². The minimum atomic E-state index is 0.631. The number of hydrogen-bond donors (Lipinski definition) is 1. The summed E-state index contributed by atoms with van der Waals surface area (Å²) < 4.78 is 21.4. The van der Waals surface area contributed by atoms with E-state index in [0.717, 1.165) is 41.4 Å². The van der Waals surface area contributed by atoms with Gasteiger partial charge in [0.25, 0.3) is 0 Å².